The van der Waals surface area contributed by atoms with Gasteiger partial charge in [-0.2, -0.15) is 0 Å². The second-order valence-electron chi connectivity index (χ2n) is 15.1. The molecule has 0 saturated carbocycles. The normalized spacial score (nSPS) is 11.3. The Hall–Kier alpha value is -8.01. The van der Waals surface area contributed by atoms with Gasteiger partial charge >= 0.3 is 0 Å². The van der Waals surface area contributed by atoms with Crippen molar-refractivity contribution in [2.24, 2.45) is 0 Å². The van der Waals surface area contributed by atoms with Crippen LogP contribution >= 0.6 is 0 Å². The van der Waals surface area contributed by atoms with Gasteiger partial charge in [0, 0.05) is 27.9 Å². The summed E-state index contributed by atoms with van der Waals surface area (Å²) in [4.78, 5) is 7.39. The molecule has 0 radical (unpaired) electrons. The van der Waals surface area contributed by atoms with E-state index in [1.165, 1.54) is 22.3 Å². The Labute approximate surface area is 349 Å². The van der Waals surface area contributed by atoms with Crippen LogP contribution in [0.4, 0.5) is 17.1 Å². The van der Waals surface area contributed by atoms with Crippen LogP contribution in [0.15, 0.2) is 235 Å². The number of nitrogens with zero attached hydrogens (tertiary/aromatic N) is 2. The summed E-state index contributed by atoms with van der Waals surface area (Å²) in [5, 5.41) is 4.38. The zero-order valence-electron chi connectivity index (χ0n) is 32.7. The molecule has 1 heterocycles. The SMILES string of the molecule is c1ccc(-c2nc3ccc4cc(-c5ccccc5)c5ccc(N(c6ccccc6)c6ccc(-c7ccccc7-c7ccccc7)cc6-c6ccccc6)cc5c4c3o2)cc1. The minimum Gasteiger partial charge on any atom is -0.435 e. The molecule has 11 aromatic rings. The molecule has 60 heavy (non-hydrogen) atoms. The van der Waals surface area contributed by atoms with Crippen molar-refractivity contribution in [1.29, 1.82) is 0 Å². The standard InChI is InChI=1S/C57H38N2O/c1-6-18-39(19-7-1)47-28-16-17-29-48(47)43-31-35-54(51(36-43)41-22-10-3-11-23-41)59(45-26-14-5-15-27-45)46-32-33-49-50(40-20-8-2-9-21-40)37-44-30-34-53-56(55(44)52(49)38-46)60-57(58-53)42-24-12-4-13-25-42/h1-38H. The number of rotatable bonds is 8. The second kappa shape index (κ2) is 15.1. The maximum absolute atomic E-state index is 6.74. The smallest absolute Gasteiger partial charge is 0.227 e. The molecule has 0 aliphatic heterocycles. The van der Waals surface area contributed by atoms with Crippen molar-refractivity contribution in [2.75, 3.05) is 4.90 Å². The molecule has 0 spiro atoms. The third-order valence-corrected chi connectivity index (χ3v) is 11.5. The van der Waals surface area contributed by atoms with E-state index in [4.69, 9.17) is 9.40 Å². The first-order chi connectivity index (χ1) is 29.8. The Bertz CT molecular complexity index is 3290. The fraction of sp³-hybridized carbons (Fsp3) is 0. The van der Waals surface area contributed by atoms with Crippen LogP contribution in [0.3, 0.4) is 0 Å². The molecule has 10 aromatic carbocycles. The molecule has 0 atom stereocenters. The molecule has 0 aliphatic carbocycles. The van der Waals surface area contributed by atoms with Crippen molar-refractivity contribution < 1.29 is 4.42 Å². The molecule has 0 bridgehead atoms. The minimum atomic E-state index is 0.613. The van der Waals surface area contributed by atoms with E-state index in [2.05, 4.69) is 205 Å². The van der Waals surface area contributed by atoms with Crippen molar-refractivity contribution in [3.63, 3.8) is 0 Å². The molecular weight excluding hydrogens is 729 g/mol. The first-order valence-corrected chi connectivity index (χ1v) is 20.4. The van der Waals surface area contributed by atoms with Gasteiger partial charge in [0.25, 0.3) is 0 Å². The number of para-hydroxylation sites is 1. The number of benzene rings is 10. The number of fused-ring (bicyclic) bond motifs is 5. The van der Waals surface area contributed by atoms with Gasteiger partial charge in [0.05, 0.1) is 5.69 Å². The predicted octanol–water partition coefficient (Wildman–Crippen LogP) is 15.9. The topological polar surface area (TPSA) is 29.3 Å². The quantitative estimate of drug-likeness (QED) is 0.144. The summed E-state index contributed by atoms with van der Waals surface area (Å²) < 4.78 is 6.74. The molecule has 282 valence electrons. The average molecular weight is 767 g/mol. The molecule has 0 aliphatic rings. The van der Waals surface area contributed by atoms with Gasteiger partial charge in [0.15, 0.2) is 5.58 Å². The molecule has 0 fully saturated rings. The summed E-state index contributed by atoms with van der Waals surface area (Å²) in [6.45, 7) is 0. The Balaban J connectivity index is 1.17. The minimum absolute atomic E-state index is 0.613. The summed E-state index contributed by atoms with van der Waals surface area (Å²) in [6.07, 6.45) is 0. The Morgan fingerprint density at radius 2 is 0.900 bits per heavy atom. The van der Waals surface area contributed by atoms with Gasteiger partial charge in [0.2, 0.25) is 5.89 Å². The predicted molar refractivity (Wildman–Crippen MR) is 251 cm³/mol. The van der Waals surface area contributed by atoms with Gasteiger partial charge in [-0.05, 0) is 116 Å². The summed E-state index contributed by atoms with van der Waals surface area (Å²) >= 11 is 0. The first-order valence-electron chi connectivity index (χ1n) is 20.4. The van der Waals surface area contributed by atoms with E-state index in [0.29, 0.717) is 5.89 Å². The van der Waals surface area contributed by atoms with Crippen LogP contribution in [0, 0.1) is 0 Å². The highest BCUT2D eigenvalue weighted by Crippen LogP contribution is 2.47. The van der Waals surface area contributed by atoms with E-state index in [0.717, 1.165) is 77.5 Å². The van der Waals surface area contributed by atoms with Crippen LogP contribution in [0.2, 0.25) is 0 Å². The lowest BCUT2D eigenvalue weighted by atomic mass is 9.91. The third kappa shape index (κ3) is 6.30. The Morgan fingerprint density at radius 3 is 1.55 bits per heavy atom. The fourth-order valence-corrected chi connectivity index (χ4v) is 8.67. The number of oxazole rings is 1. The van der Waals surface area contributed by atoms with Crippen molar-refractivity contribution in [2.45, 2.75) is 0 Å². The Morgan fingerprint density at radius 1 is 0.350 bits per heavy atom. The van der Waals surface area contributed by atoms with Gasteiger partial charge in [-0.15, -0.1) is 0 Å². The molecule has 0 N–H and O–H groups in total. The Kier molecular flexibility index (Phi) is 8.83. The molecule has 0 saturated heterocycles. The van der Waals surface area contributed by atoms with E-state index in [9.17, 15) is 0 Å². The van der Waals surface area contributed by atoms with Crippen molar-refractivity contribution >= 4 is 49.7 Å². The van der Waals surface area contributed by atoms with Gasteiger partial charge < -0.3 is 9.32 Å². The number of hydrogen-bond donors (Lipinski definition) is 0. The van der Waals surface area contributed by atoms with Crippen LogP contribution in [0.25, 0.3) is 88.6 Å². The summed E-state index contributed by atoms with van der Waals surface area (Å²) in [5.41, 5.74) is 15.1. The highest BCUT2D eigenvalue weighted by molar-refractivity contribution is 6.22. The van der Waals surface area contributed by atoms with E-state index in [1.807, 2.05) is 30.3 Å². The highest BCUT2D eigenvalue weighted by atomic mass is 16.3. The highest BCUT2D eigenvalue weighted by Gasteiger charge is 2.22. The van der Waals surface area contributed by atoms with E-state index >= 15 is 0 Å². The third-order valence-electron chi connectivity index (χ3n) is 11.5. The molecule has 1 aromatic heterocycles. The van der Waals surface area contributed by atoms with Crippen molar-refractivity contribution in [3.8, 4) is 56.0 Å². The zero-order chi connectivity index (χ0) is 39.8. The first kappa shape index (κ1) is 35.2. The van der Waals surface area contributed by atoms with Gasteiger partial charge in [-0.3, -0.25) is 0 Å². The maximum Gasteiger partial charge on any atom is 0.227 e. The monoisotopic (exact) mass is 766 g/mol. The van der Waals surface area contributed by atoms with Crippen LogP contribution in [-0.4, -0.2) is 4.98 Å². The molecular formula is C57H38N2O. The van der Waals surface area contributed by atoms with Crippen LogP contribution < -0.4 is 4.90 Å². The van der Waals surface area contributed by atoms with Crippen LogP contribution in [0.5, 0.6) is 0 Å². The number of anilines is 3. The molecule has 0 amide bonds. The van der Waals surface area contributed by atoms with Crippen LogP contribution in [0.1, 0.15) is 0 Å². The summed E-state index contributed by atoms with van der Waals surface area (Å²) in [7, 11) is 0. The lowest BCUT2D eigenvalue weighted by Crippen LogP contribution is -2.11. The fourth-order valence-electron chi connectivity index (χ4n) is 8.67. The van der Waals surface area contributed by atoms with Gasteiger partial charge in [-0.25, -0.2) is 4.98 Å². The average Bonchev–Trinajstić information content (AvgIpc) is 3.78. The van der Waals surface area contributed by atoms with Gasteiger partial charge in [-0.1, -0.05) is 170 Å². The second-order valence-corrected chi connectivity index (χ2v) is 15.1. The largest absolute Gasteiger partial charge is 0.435 e. The van der Waals surface area contributed by atoms with Crippen LogP contribution in [-0.2, 0) is 0 Å². The zero-order valence-corrected chi connectivity index (χ0v) is 32.7. The molecule has 3 heteroatoms. The summed E-state index contributed by atoms with van der Waals surface area (Å²) in [5.74, 6) is 0.613. The van der Waals surface area contributed by atoms with Crippen molar-refractivity contribution in [3.05, 3.63) is 231 Å². The van der Waals surface area contributed by atoms with Crippen molar-refractivity contribution in [1.82, 2.24) is 4.98 Å². The summed E-state index contributed by atoms with van der Waals surface area (Å²) in [6, 6.07) is 81.9. The maximum atomic E-state index is 6.74. The molecule has 0 unspecified atom stereocenters. The van der Waals surface area contributed by atoms with Gasteiger partial charge in [0.1, 0.15) is 5.52 Å². The number of aromatic nitrogens is 1. The number of hydrogen-bond acceptors (Lipinski definition) is 3. The molecule has 11 rings (SSSR count). The van der Waals surface area contributed by atoms with E-state index in [1.54, 1.807) is 0 Å². The lowest BCUT2D eigenvalue weighted by Gasteiger charge is -2.29. The van der Waals surface area contributed by atoms with E-state index in [-0.39, 0.29) is 0 Å². The lowest BCUT2D eigenvalue weighted by molar-refractivity contribution is 0.623. The molecule has 3 nitrogen and oxygen atoms in total. The van der Waals surface area contributed by atoms with E-state index < -0.39 is 0 Å².